The highest BCUT2D eigenvalue weighted by molar-refractivity contribution is 5.90. The van der Waals surface area contributed by atoms with E-state index in [1.807, 2.05) is 66.4 Å². The lowest BCUT2D eigenvalue weighted by molar-refractivity contribution is 0.130. The minimum absolute atomic E-state index is 0.0734. The number of benzene rings is 2. The predicted molar refractivity (Wildman–Crippen MR) is 95.9 cm³/mol. The lowest BCUT2D eigenvalue weighted by Crippen LogP contribution is -2.39. The van der Waals surface area contributed by atoms with Crippen LogP contribution in [-0.2, 0) is 0 Å². The Hall–Kier alpha value is -2.33. The third-order valence-electron chi connectivity index (χ3n) is 4.70. The van der Waals surface area contributed by atoms with E-state index in [0.29, 0.717) is 6.42 Å². The molecule has 2 amide bonds. The first-order valence-corrected chi connectivity index (χ1v) is 8.51. The summed E-state index contributed by atoms with van der Waals surface area (Å²) in [6, 6.07) is 17.4. The van der Waals surface area contributed by atoms with E-state index in [2.05, 4.69) is 5.32 Å². The Balaban J connectivity index is 1.65. The fourth-order valence-corrected chi connectivity index (χ4v) is 3.32. The zero-order valence-electron chi connectivity index (χ0n) is 14.0. The summed E-state index contributed by atoms with van der Waals surface area (Å²) in [5, 5.41) is 13.5. The Morgan fingerprint density at radius 2 is 1.92 bits per heavy atom. The van der Waals surface area contributed by atoms with E-state index >= 15 is 0 Å². The molecule has 1 aliphatic rings. The first-order chi connectivity index (χ1) is 11.6. The van der Waals surface area contributed by atoms with Gasteiger partial charge < -0.3 is 15.3 Å². The molecule has 1 heterocycles. The Bertz CT molecular complexity index is 687. The van der Waals surface area contributed by atoms with Crippen molar-refractivity contribution in [1.29, 1.82) is 0 Å². The summed E-state index contributed by atoms with van der Waals surface area (Å²) in [6.07, 6.45) is 1.95. The van der Waals surface area contributed by atoms with Crippen LogP contribution in [0.3, 0.4) is 0 Å². The maximum absolute atomic E-state index is 12.6. The van der Waals surface area contributed by atoms with Gasteiger partial charge in [-0.2, -0.15) is 0 Å². The third kappa shape index (κ3) is 3.77. The second-order valence-corrected chi connectivity index (χ2v) is 6.40. The van der Waals surface area contributed by atoms with Gasteiger partial charge in [0.25, 0.3) is 0 Å². The van der Waals surface area contributed by atoms with Gasteiger partial charge in [0, 0.05) is 18.3 Å². The highest BCUT2D eigenvalue weighted by atomic mass is 16.3. The van der Waals surface area contributed by atoms with Gasteiger partial charge in [0.15, 0.2) is 0 Å². The fourth-order valence-electron chi connectivity index (χ4n) is 3.32. The molecule has 2 aromatic carbocycles. The van der Waals surface area contributed by atoms with Crippen molar-refractivity contribution >= 4 is 11.7 Å². The van der Waals surface area contributed by atoms with Crippen molar-refractivity contribution in [2.24, 2.45) is 0 Å². The first kappa shape index (κ1) is 16.5. The number of hydrogen-bond donors (Lipinski definition) is 2. The van der Waals surface area contributed by atoms with E-state index < -0.39 is 6.10 Å². The van der Waals surface area contributed by atoms with Crippen molar-refractivity contribution in [2.45, 2.75) is 38.3 Å². The third-order valence-corrected chi connectivity index (χ3v) is 4.70. The van der Waals surface area contributed by atoms with Gasteiger partial charge in [0.05, 0.1) is 6.10 Å². The van der Waals surface area contributed by atoms with Gasteiger partial charge in [-0.15, -0.1) is 0 Å². The minimum Gasteiger partial charge on any atom is -0.388 e. The molecule has 0 spiro atoms. The monoisotopic (exact) mass is 324 g/mol. The Kier molecular flexibility index (Phi) is 5.16. The van der Waals surface area contributed by atoms with Gasteiger partial charge >= 0.3 is 6.03 Å². The van der Waals surface area contributed by atoms with Crippen LogP contribution in [0.25, 0.3) is 0 Å². The molecule has 2 N–H and O–H groups in total. The number of likely N-dealkylation sites (tertiary alicyclic amines) is 1. The molecule has 126 valence electrons. The fraction of sp³-hybridized carbons (Fsp3) is 0.350. The molecule has 1 aliphatic heterocycles. The number of rotatable bonds is 4. The molecule has 0 aliphatic carbocycles. The number of amides is 2. The number of anilines is 1. The zero-order chi connectivity index (χ0) is 16.9. The lowest BCUT2D eigenvalue weighted by Gasteiger charge is -2.27. The number of urea groups is 1. The number of nitrogens with zero attached hydrogens (tertiary/aromatic N) is 1. The van der Waals surface area contributed by atoms with Crippen LogP contribution in [0.15, 0.2) is 54.6 Å². The average molecular weight is 324 g/mol. The van der Waals surface area contributed by atoms with Crippen molar-refractivity contribution in [3.63, 3.8) is 0 Å². The molecule has 4 heteroatoms. The van der Waals surface area contributed by atoms with Crippen LogP contribution in [0.5, 0.6) is 0 Å². The zero-order valence-corrected chi connectivity index (χ0v) is 14.0. The van der Waals surface area contributed by atoms with Crippen LogP contribution < -0.4 is 5.32 Å². The highest BCUT2D eigenvalue weighted by Crippen LogP contribution is 2.28. The number of aliphatic hydroxyl groups excluding tert-OH is 1. The molecule has 0 aromatic heterocycles. The second kappa shape index (κ2) is 7.49. The van der Waals surface area contributed by atoms with Gasteiger partial charge in [-0.3, -0.25) is 0 Å². The molecule has 1 saturated heterocycles. The second-order valence-electron chi connectivity index (χ2n) is 6.40. The Morgan fingerprint density at radius 1 is 1.21 bits per heavy atom. The summed E-state index contributed by atoms with van der Waals surface area (Å²) < 4.78 is 0. The van der Waals surface area contributed by atoms with Crippen molar-refractivity contribution in [3.8, 4) is 0 Å². The normalized spacial score (nSPS) is 18.4. The smallest absolute Gasteiger partial charge is 0.322 e. The van der Waals surface area contributed by atoms with Crippen LogP contribution in [-0.4, -0.2) is 28.6 Å². The number of aryl methyl sites for hydroxylation is 1. The quantitative estimate of drug-likeness (QED) is 0.889. The molecule has 3 rings (SSSR count). The van der Waals surface area contributed by atoms with Gasteiger partial charge in [-0.25, -0.2) is 4.79 Å². The van der Waals surface area contributed by atoms with E-state index in [1.54, 1.807) is 0 Å². The molecule has 2 atom stereocenters. The van der Waals surface area contributed by atoms with Crippen LogP contribution in [0, 0.1) is 6.92 Å². The summed E-state index contributed by atoms with van der Waals surface area (Å²) in [6.45, 7) is 2.72. The van der Waals surface area contributed by atoms with E-state index in [9.17, 15) is 9.90 Å². The summed E-state index contributed by atoms with van der Waals surface area (Å²) in [7, 11) is 0. The van der Waals surface area contributed by atoms with Gasteiger partial charge in [-0.05, 0) is 43.4 Å². The molecule has 2 aromatic rings. The largest absolute Gasteiger partial charge is 0.388 e. The summed E-state index contributed by atoms with van der Waals surface area (Å²) in [5.74, 6) is 0. The highest BCUT2D eigenvalue weighted by Gasteiger charge is 2.30. The van der Waals surface area contributed by atoms with Gasteiger partial charge in [0.1, 0.15) is 0 Å². The number of carbonyl (C=O) groups excluding carboxylic acids is 1. The topological polar surface area (TPSA) is 52.6 Å². The molecule has 1 fully saturated rings. The predicted octanol–water partition coefficient (Wildman–Crippen LogP) is 4.12. The van der Waals surface area contributed by atoms with E-state index in [0.717, 1.165) is 36.2 Å². The number of hydrogen-bond acceptors (Lipinski definition) is 2. The van der Waals surface area contributed by atoms with Crippen molar-refractivity contribution in [3.05, 3.63) is 65.7 Å². The molecular formula is C20H24N2O2. The van der Waals surface area contributed by atoms with Gasteiger partial charge in [-0.1, -0.05) is 48.5 Å². The van der Waals surface area contributed by atoms with Gasteiger partial charge in [0.2, 0.25) is 0 Å². The maximum Gasteiger partial charge on any atom is 0.322 e. The summed E-state index contributed by atoms with van der Waals surface area (Å²) in [5.41, 5.74) is 2.80. The van der Waals surface area contributed by atoms with Crippen LogP contribution >= 0.6 is 0 Å². The van der Waals surface area contributed by atoms with Crippen molar-refractivity contribution in [2.75, 3.05) is 11.9 Å². The van der Waals surface area contributed by atoms with Crippen LogP contribution in [0.4, 0.5) is 10.5 Å². The Labute approximate surface area is 143 Å². The lowest BCUT2D eigenvalue weighted by atomic mass is 10.0. The van der Waals surface area contributed by atoms with E-state index in [1.165, 1.54) is 0 Å². The molecule has 24 heavy (non-hydrogen) atoms. The molecule has 2 unspecified atom stereocenters. The van der Waals surface area contributed by atoms with E-state index in [4.69, 9.17) is 0 Å². The summed E-state index contributed by atoms with van der Waals surface area (Å²) in [4.78, 5) is 14.5. The van der Waals surface area contributed by atoms with Crippen LogP contribution in [0.1, 0.15) is 36.5 Å². The maximum atomic E-state index is 12.6. The standard InChI is InChI=1S/C20H24N2O2/c1-15-8-5-6-12-18(15)21-20(24)22-13-7-11-17(22)14-19(23)16-9-3-2-4-10-16/h2-6,8-10,12,17,19,23H,7,11,13-14H2,1H3,(H,21,24). The molecule has 0 radical (unpaired) electrons. The molecule has 0 bridgehead atoms. The van der Waals surface area contributed by atoms with Crippen molar-refractivity contribution in [1.82, 2.24) is 4.90 Å². The van der Waals surface area contributed by atoms with Crippen molar-refractivity contribution < 1.29 is 9.90 Å². The molecule has 0 saturated carbocycles. The average Bonchev–Trinajstić information content (AvgIpc) is 3.06. The Morgan fingerprint density at radius 3 is 2.67 bits per heavy atom. The SMILES string of the molecule is Cc1ccccc1NC(=O)N1CCCC1CC(O)c1ccccc1. The molecular weight excluding hydrogens is 300 g/mol. The molecule has 4 nitrogen and oxygen atoms in total. The van der Waals surface area contributed by atoms with Crippen LogP contribution in [0.2, 0.25) is 0 Å². The minimum atomic E-state index is -0.539. The number of para-hydroxylation sites is 1. The van der Waals surface area contributed by atoms with E-state index in [-0.39, 0.29) is 12.1 Å². The number of nitrogens with one attached hydrogen (secondary N) is 1. The number of aliphatic hydroxyl groups is 1. The number of carbonyl (C=O) groups is 1. The first-order valence-electron chi connectivity index (χ1n) is 8.51. The summed E-state index contributed by atoms with van der Waals surface area (Å²) >= 11 is 0.